The summed E-state index contributed by atoms with van der Waals surface area (Å²) in [5.74, 6) is -0.130. The van der Waals surface area contributed by atoms with Gasteiger partial charge in [0.1, 0.15) is 5.76 Å². The third-order valence-electron chi connectivity index (χ3n) is 3.63. The Morgan fingerprint density at radius 1 is 1.13 bits per heavy atom. The molecule has 0 bridgehead atoms. The maximum atomic E-state index is 12.5. The van der Waals surface area contributed by atoms with Crippen LogP contribution < -0.4 is 0 Å². The quantitative estimate of drug-likeness (QED) is 0.826. The lowest BCUT2D eigenvalue weighted by Gasteiger charge is -2.29. The predicted molar refractivity (Wildman–Crippen MR) is 80.6 cm³/mol. The van der Waals surface area contributed by atoms with Crippen molar-refractivity contribution >= 4 is 5.57 Å². The van der Waals surface area contributed by atoms with Crippen molar-refractivity contribution in [2.45, 2.75) is 19.2 Å². The van der Waals surface area contributed by atoms with Crippen LogP contribution in [0.25, 0.3) is 5.57 Å². The second kappa shape index (κ2) is 6.32. The first-order valence-corrected chi connectivity index (χ1v) is 7.24. The van der Waals surface area contributed by atoms with Crippen molar-refractivity contribution in [1.29, 1.82) is 0 Å². The minimum Gasteiger partial charge on any atom is -0.404 e. The molecule has 0 amide bonds. The molecular formula is C17H15F3N2O. The molecule has 0 aromatic carbocycles. The monoisotopic (exact) mass is 320 g/mol. The lowest BCUT2D eigenvalue weighted by atomic mass is 10.0. The highest BCUT2D eigenvalue weighted by Gasteiger charge is 2.33. The van der Waals surface area contributed by atoms with Crippen LogP contribution in [0, 0.1) is 0 Å². The zero-order valence-corrected chi connectivity index (χ0v) is 12.3. The van der Waals surface area contributed by atoms with E-state index in [4.69, 9.17) is 0 Å². The van der Waals surface area contributed by atoms with E-state index in [1.807, 2.05) is 24.3 Å². The van der Waals surface area contributed by atoms with Gasteiger partial charge >= 0.3 is 6.36 Å². The molecule has 0 radical (unpaired) electrons. The van der Waals surface area contributed by atoms with Crippen LogP contribution in [-0.4, -0.2) is 22.8 Å². The SMILES string of the molecule is FC(F)(F)OC1=C(N2C=CC(c3ccncc3)=CC2)CCC=C1. The molecule has 3 nitrogen and oxygen atoms in total. The lowest BCUT2D eigenvalue weighted by Crippen LogP contribution is -2.24. The number of hydrogen-bond acceptors (Lipinski definition) is 3. The van der Waals surface area contributed by atoms with Gasteiger partial charge in [0.25, 0.3) is 0 Å². The van der Waals surface area contributed by atoms with E-state index in [-0.39, 0.29) is 5.76 Å². The van der Waals surface area contributed by atoms with E-state index >= 15 is 0 Å². The number of alkyl halides is 3. The minimum absolute atomic E-state index is 0.130. The van der Waals surface area contributed by atoms with Crippen LogP contribution in [0.1, 0.15) is 18.4 Å². The summed E-state index contributed by atoms with van der Waals surface area (Å²) in [6.07, 6.45) is 8.69. The molecule has 1 aromatic rings. The molecule has 0 fully saturated rings. The number of aromatic nitrogens is 1. The molecule has 0 unspecified atom stereocenters. The second-order valence-corrected chi connectivity index (χ2v) is 5.16. The molecule has 2 heterocycles. The van der Waals surface area contributed by atoms with Gasteiger partial charge < -0.3 is 9.64 Å². The fourth-order valence-electron chi connectivity index (χ4n) is 2.59. The maximum absolute atomic E-state index is 12.5. The molecule has 6 heteroatoms. The van der Waals surface area contributed by atoms with Crippen LogP contribution in [0.3, 0.4) is 0 Å². The van der Waals surface area contributed by atoms with E-state index in [2.05, 4.69) is 9.72 Å². The van der Waals surface area contributed by atoms with Crippen molar-refractivity contribution in [3.05, 3.63) is 72.1 Å². The van der Waals surface area contributed by atoms with Gasteiger partial charge in [0, 0.05) is 25.1 Å². The van der Waals surface area contributed by atoms with Gasteiger partial charge in [0.15, 0.2) is 0 Å². The summed E-state index contributed by atoms with van der Waals surface area (Å²) >= 11 is 0. The molecule has 0 spiro atoms. The first kappa shape index (κ1) is 15.4. The molecule has 1 aromatic heterocycles. The predicted octanol–water partition coefficient (Wildman–Crippen LogP) is 4.39. The summed E-state index contributed by atoms with van der Waals surface area (Å²) in [6, 6.07) is 3.79. The van der Waals surface area contributed by atoms with Gasteiger partial charge in [-0.1, -0.05) is 12.2 Å². The van der Waals surface area contributed by atoms with Gasteiger partial charge in [0.2, 0.25) is 0 Å². The molecule has 1 aliphatic heterocycles. The summed E-state index contributed by atoms with van der Waals surface area (Å²) in [5.41, 5.74) is 2.60. The molecule has 120 valence electrons. The Hall–Kier alpha value is -2.50. The molecule has 0 N–H and O–H groups in total. The Bertz CT molecular complexity index is 688. The van der Waals surface area contributed by atoms with Gasteiger partial charge in [-0.05, 0) is 48.3 Å². The topological polar surface area (TPSA) is 25.4 Å². The summed E-state index contributed by atoms with van der Waals surface area (Å²) in [6.45, 7) is 0.502. The summed E-state index contributed by atoms with van der Waals surface area (Å²) in [7, 11) is 0. The number of pyridine rings is 1. The third-order valence-corrected chi connectivity index (χ3v) is 3.63. The van der Waals surface area contributed by atoms with Crippen molar-refractivity contribution in [1.82, 2.24) is 9.88 Å². The summed E-state index contributed by atoms with van der Waals surface area (Å²) in [4.78, 5) is 5.76. The molecule has 0 atom stereocenters. The van der Waals surface area contributed by atoms with Gasteiger partial charge in [-0.3, -0.25) is 4.98 Å². The molecule has 23 heavy (non-hydrogen) atoms. The second-order valence-electron chi connectivity index (χ2n) is 5.16. The number of halogens is 3. The minimum atomic E-state index is -4.68. The molecule has 0 saturated heterocycles. The van der Waals surface area contributed by atoms with Gasteiger partial charge in [-0.25, -0.2) is 0 Å². The first-order valence-electron chi connectivity index (χ1n) is 7.24. The van der Waals surface area contributed by atoms with Crippen LogP contribution >= 0.6 is 0 Å². The van der Waals surface area contributed by atoms with Gasteiger partial charge in [-0.15, -0.1) is 13.2 Å². The number of hydrogen-bond donors (Lipinski definition) is 0. The molecular weight excluding hydrogens is 305 g/mol. The smallest absolute Gasteiger partial charge is 0.404 e. The van der Waals surface area contributed by atoms with Crippen molar-refractivity contribution in [3.8, 4) is 0 Å². The van der Waals surface area contributed by atoms with E-state index in [0.29, 0.717) is 25.1 Å². The Morgan fingerprint density at radius 3 is 2.57 bits per heavy atom. The molecule has 2 aliphatic rings. The van der Waals surface area contributed by atoms with Crippen LogP contribution in [0.2, 0.25) is 0 Å². The molecule has 1 aliphatic carbocycles. The highest BCUT2D eigenvalue weighted by Crippen LogP contribution is 2.31. The van der Waals surface area contributed by atoms with Crippen LogP contribution in [0.4, 0.5) is 13.2 Å². The van der Waals surface area contributed by atoms with Gasteiger partial charge in [0.05, 0.1) is 5.70 Å². The van der Waals surface area contributed by atoms with Crippen molar-refractivity contribution in [2.75, 3.05) is 6.54 Å². The van der Waals surface area contributed by atoms with Crippen molar-refractivity contribution in [2.24, 2.45) is 0 Å². The maximum Gasteiger partial charge on any atom is 0.573 e. The summed E-state index contributed by atoms with van der Waals surface area (Å²) in [5, 5.41) is 0. The first-order chi connectivity index (χ1) is 11.0. The Labute approximate surface area is 132 Å². The Morgan fingerprint density at radius 2 is 1.91 bits per heavy atom. The number of nitrogens with zero attached hydrogens (tertiary/aromatic N) is 2. The molecule has 3 rings (SSSR count). The largest absolute Gasteiger partial charge is 0.573 e. The van der Waals surface area contributed by atoms with E-state index in [1.54, 1.807) is 29.6 Å². The summed E-state index contributed by atoms with van der Waals surface area (Å²) < 4.78 is 41.7. The van der Waals surface area contributed by atoms with Crippen molar-refractivity contribution in [3.63, 3.8) is 0 Å². The zero-order valence-electron chi connectivity index (χ0n) is 12.3. The Kier molecular flexibility index (Phi) is 4.23. The highest BCUT2D eigenvalue weighted by atomic mass is 19.4. The van der Waals surface area contributed by atoms with Crippen molar-refractivity contribution < 1.29 is 17.9 Å². The number of allylic oxidation sites excluding steroid dienone is 5. The van der Waals surface area contributed by atoms with Crippen LogP contribution in [-0.2, 0) is 4.74 Å². The fourth-order valence-corrected chi connectivity index (χ4v) is 2.59. The average Bonchev–Trinajstić information content (AvgIpc) is 2.55. The highest BCUT2D eigenvalue weighted by molar-refractivity contribution is 5.74. The van der Waals surface area contributed by atoms with E-state index in [9.17, 15) is 13.2 Å². The fraction of sp³-hybridized carbons (Fsp3) is 0.235. The van der Waals surface area contributed by atoms with Crippen LogP contribution in [0.5, 0.6) is 0 Å². The Balaban J connectivity index is 1.79. The zero-order chi connectivity index (χ0) is 16.3. The number of ether oxygens (including phenoxy) is 1. The van der Waals surface area contributed by atoms with Crippen LogP contribution in [0.15, 0.2) is 66.5 Å². The molecule has 0 saturated carbocycles. The van der Waals surface area contributed by atoms with E-state index < -0.39 is 6.36 Å². The average molecular weight is 320 g/mol. The standard InChI is InChI=1S/C17H15F3N2O/c18-17(19,20)23-16-4-2-1-3-15(16)22-11-7-14(8-12-22)13-5-9-21-10-6-13/h2,4-11H,1,3,12H2. The lowest BCUT2D eigenvalue weighted by molar-refractivity contribution is -0.304. The van der Waals surface area contributed by atoms with Gasteiger partial charge in [-0.2, -0.15) is 0 Å². The third kappa shape index (κ3) is 3.83. The van der Waals surface area contributed by atoms with E-state index in [1.165, 1.54) is 6.08 Å². The number of rotatable bonds is 3. The normalized spacial score (nSPS) is 18.2. The van der Waals surface area contributed by atoms with E-state index in [0.717, 1.165) is 11.1 Å².